The van der Waals surface area contributed by atoms with E-state index in [1.54, 1.807) is 0 Å². The van der Waals surface area contributed by atoms with Gasteiger partial charge in [0.15, 0.2) is 0 Å². The molecule has 276 valence electrons. The van der Waals surface area contributed by atoms with E-state index < -0.39 is 0 Å². The van der Waals surface area contributed by atoms with E-state index in [0.717, 1.165) is 88.4 Å². The molecule has 0 unspecified atom stereocenters. The predicted octanol–water partition coefficient (Wildman–Crippen LogP) is 16.3. The molecular weight excluding hydrogens is 719 g/mol. The molecule has 0 atom stereocenters. The van der Waals surface area contributed by atoms with Crippen LogP contribution < -0.4 is 4.90 Å². The number of nitrogens with zero attached hydrogens (tertiary/aromatic N) is 1. The summed E-state index contributed by atoms with van der Waals surface area (Å²) in [5.41, 5.74) is 13.5. The Kier molecular flexibility index (Phi) is 7.54. The summed E-state index contributed by atoms with van der Waals surface area (Å²) in [5, 5.41) is 9.24. The fraction of sp³-hybridized carbons (Fsp3) is 0. The van der Waals surface area contributed by atoms with E-state index in [4.69, 9.17) is 8.83 Å². The van der Waals surface area contributed by atoms with Gasteiger partial charge in [-0.25, -0.2) is 0 Å². The fourth-order valence-corrected chi connectivity index (χ4v) is 9.20. The smallest absolute Gasteiger partial charge is 0.143 e. The van der Waals surface area contributed by atoms with Gasteiger partial charge in [-0.1, -0.05) is 170 Å². The van der Waals surface area contributed by atoms with Crippen LogP contribution in [0.5, 0.6) is 0 Å². The van der Waals surface area contributed by atoms with Crippen molar-refractivity contribution in [2.45, 2.75) is 0 Å². The maximum Gasteiger partial charge on any atom is 0.143 e. The number of benzene rings is 10. The molecule has 0 aliphatic heterocycles. The number of rotatable bonds is 6. The molecule has 0 radical (unpaired) electrons. The highest BCUT2D eigenvalue weighted by molar-refractivity contribution is 6.22. The summed E-state index contributed by atoms with van der Waals surface area (Å²) in [6.45, 7) is 0. The fourth-order valence-electron chi connectivity index (χ4n) is 9.20. The lowest BCUT2D eigenvalue weighted by Crippen LogP contribution is -2.10. The summed E-state index contributed by atoms with van der Waals surface area (Å²) >= 11 is 0. The molecule has 3 nitrogen and oxygen atoms in total. The zero-order valence-corrected chi connectivity index (χ0v) is 32.0. The van der Waals surface area contributed by atoms with Gasteiger partial charge in [-0.3, -0.25) is 0 Å². The van der Waals surface area contributed by atoms with Crippen LogP contribution in [0.15, 0.2) is 221 Å². The molecule has 2 heterocycles. The minimum absolute atomic E-state index is 0.855. The van der Waals surface area contributed by atoms with Crippen LogP contribution in [-0.4, -0.2) is 0 Å². The first-order valence-electron chi connectivity index (χ1n) is 20.1. The molecule has 3 heteroatoms. The normalized spacial score (nSPS) is 11.7. The number of fused-ring (bicyclic) bond motifs is 9. The van der Waals surface area contributed by atoms with E-state index in [0.29, 0.717) is 0 Å². The summed E-state index contributed by atoms with van der Waals surface area (Å²) in [7, 11) is 0. The molecular formula is C56H35NO2. The largest absolute Gasteiger partial charge is 0.456 e. The number of furan rings is 2. The van der Waals surface area contributed by atoms with Gasteiger partial charge in [0.25, 0.3) is 0 Å². The minimum Gasteiger partial charge on any atom is -0.456 e. The maximum atomic E-state index is 6.62. The van der Waals surface area contributed by atoms with Gasteiger partial charge in [-0.2, -0.15) is 0 Å². The van der Waals surface area contributed by atoms with Gasteiger partial charge < -0.3 is 13.7 Å². The number of anilines is 3. The van der Waals surface area contributed by atoms with Crippen LogP contribution in [0.3, 0.4) is 0 Å². The third-order valence-electron chi connectivity index (χ3n) is 11.8. The second-order valence-corrected chi connectivity index (χ2v) is 15.2. The lowest BCUT2D eigenvalue weighted by molar-refractivity contribution is 0.669. The van der Waals surface area contributed by atoms with Crippen LogP contribution in [-0.2, 0) is 0 Å². The van der Waals surface area contributed by atoms with Crippen molar-refractivity contribution in [2.24, 2.45) is 0 Å². The highest BCUT2D eigenvalue weighted by atomic mass is 16.3. The van der Waals surface area contributed by atoms with Gasteiger partial charge in [-0.05, 0) is 80.4 Å². The Morgan fingerprint density at radius 2 is 0.881 bits per heavy atom. The van der Waals surface area contributed by atoms with Crippen molar-refractivity contribution in [3.63, 3.8) is 0 Å². The Bertz CT molecular complexity index is 3550. The van der Waals surface area contributed by atoms with Crippen molar-refractivity contribution in [1.82, 2.24) is 0 Å². The number of hydrogen-bond acceptors (Lipinski definition) is 3. The SMILES string of the molecule is c1ccc(-c2cccc3cccc(-c4ccc(N(c5cccc(-c6cccc7c6oc6ccccc67)c5)c5cc6oc7ccccc7c6c6ccccc56)cc4)c23)cc1. The molecule has 0 N–H and O–H groups in total. The third-order valence-corrected chi connectivity index (χ3v) is 11.8. The second-order valence-electron chi connectivity index (χ2n) is 15.2. The molecule has 0 saturated carbocycles. The molecule has 12 rings (SSSR count). The van der Waals surface area contributed by atoms with E-state index in [1.807, 2.05) is 18.2 Å². The van der Waals surface area contributed by atoms with Gasteiger partial charge in [0.05, 0.1) is 5.69 Å². The molecule has 2 aromatic heterocycles. The molecule has 0 saturated heterocycles. The second kappa shape index (κ2) is 13.4. The van der Waals surface area contributed by atoms with Crippen molar-refractivity contribution in [3.8, 4) is 33.4 Å². The van der Waals surface area contributed by atoms with Crippen molar-refractivity contribution in [3.05, 3.63) is 212 Å². The monoisotopic (exact) mass is 753 g/mol. The molecule has 0 aliphatic rings. The molecule has 0 spiro atoms. The molecule has 0 amide bonds. The molecule has 12 aromatic rings. The Morgan fingerprint density at radius 3 is 1.66 bits per heavy atom. The maximum absolute atomic E-state index is 6.62. The van der Waals surface area contributed by atoms with Crippen molar-refractivity contribution >= 4 is 82.5 Å². The van der Waals surface area contributed by atoms with Crippen LogP contribution in [0, 0.1) is 0 Å². The topological polar surface area (TPSA) is 29.5 Å². The highest BCUT2D eigenvalue weighted by Crippen LogP contribution is 2.46. The molecule has 0 aliphatic carbocycles. The Morgan fingerprint density at radius 1 is 0.305 bits per heavy atom. The first-order chi connectivity index (χ1) is 29.3. The van der Waals surface area contributed by atoms with Gasteiger partial charge >= 0.3 is 0 Å². The van der Waals surface area contributed by atoms with Crippen molar-refractivity contribution < 1.29 is 8.83 Å². The highest BCUT2D eigenvalue weighted by Gasteiger charge is 2.22. The minimum atomic E-state index is 0.855. The van der Waals surface area contributed by atoms with Crippen LogP contribution in [0.1, 0.15) is 0 Å². The summed E-state index contributed by atoms with van der Waals surface area (Å²) in [6, 6.07) is 75.7. The van der Waals surface area contributed by atoms with Crippen LogP contribution in [0.25, 0.3) is 98.8 Å². The molecule has 0 fully saturated rings. The van der Waals surface area contributed by atoms with Crippen molar-refractivity contribution in [2.75, 3.05) is 4.90 Å². The van der Waals surface area contributed by atoms with E-state index in [-0.39, 0.29) is 0 Å². The predicted molar refractivity (Wildman–Crippen MR) is 247 cm³/mol. The summed E-state index contributed by atoms with van der Waals surface area (Å²) in [6.07, 6.45) is 0. The summed E-state index contributed by atoms with van der Waals surface area (Å²) < 4.78 is 13.2. The van der Waals surface area contributed by atoms with E-state index >= 15 is 0 Å². The zero-order valence-electron chi connectivity index (χ0n) is 32.0. The summed E-state index contributed by atoms with van der Waals surface area (Å²) in [4.78, 5) is 2.37. The van der Waals surface area contributed by atoms with Crippen LogP contribution in [0.2, 0.25) is 0 Å². The summed E-state index contributed by atoms with van der Waals surface area (Å²) in [5.74, 6) is 0. The Hall–Kier alpha value is -7.88. The average molecular weight is 754 g/mol. The quantitative estimate of drug-likeness (QED) is 0.169. The first kappa shape index (κ1) is 33.3. The van der Waals surface area contributed by atoms with Crippen molar-refractivity contribution in [1.29, 1.82) is 0 Å². The first-order valence-corrected chi connectivity index (χ1v) is 20.1. The lowest BCUT2D eigenvalue weighted by atomic mass is 9.91. The Labute approximate surface area is 340 Å². The van der Waals surface area contributed by atoms with E-state index in [9.17, 15) is 0 Å². The van der Waals surface area contributed by atoms with Crippen LogP contribution in [0.4, 0.5) is 17.1 Å². The van der Waals surface area contributed by atoms with Gasteiger partial charge in [0, 0.05) is 49.9 Å². The molecule has 0 bridgehead atoms. The van der Waals surface area contributed by atoms with Crippen LogP contribution >= 0.6 is 0 Å². The van der Waals surface area contributed by atoms with E-state index in [1.165, 1.54) is 27.5 Å². The van der Waals surface area contributed by atoms with Gasteiger partial charge in [0.2, 0.25) is 0 Å². The third kappa shape index (κ3) is 5.36. The molecule has 10 aromatic carbocycles. The zero-order chi connectivity index (χ0) is 38.9. The van der Waals surface area contributed by atoms with Gasteiger partial charge in [0.1, 0.15) is 22.3 Å². The lowest BCUT2D eigenvalue weighted by Gasteiger charge is -2.28. The Balaban J connectivity index is 1.07. The van der Waals surface area contributed by atoms with E-state index in [2.05, 4.69) is 199 Å². The van der Waals surface area contributed by atoms with Gasteiger partial charge in [-0.15, -0.1) is 0 Å². The standard InChI is InChI=1S/C56H35NO2/c1-2-14-36(15-3-1)42-24-11-16-38-17-12-25-43(54(38)42)37-30-32-40(33-31-37)57(50-35-53-55(47-22-5-4-20-45(47)50)49-23-7-9-29-52(49)58-53)41-19-10-18-39(34-41)44-26-13-27-48-46-21-6-8-28-51(46)59-56(44)48/h1-35H. The number of para-hydroxylation sites is 3. The molecule has 59 heavy (non-hydrogen) atoms. The number of hydrogen-bond donors (Lipinski definition) is 0. The average Bonchev–Trinajstić information content (AvgIpc) is 3.88.